The SMILES string of the molecule is CCCN1CCC(NC(=O)Nc2ccc3oc(C(C)(C)C)nc3c2)CC1. The monoisotopic (exact) mass is 358 g/mol. The van der Waals surface area contributed by atoms with E-state index < -0.39 is 0 Å². The van der Waals surface area contributed by atoms with Crippen molar-refractivity contribution in [3.63, 3.8) is 0 Å². The molecular formula is C20H30N4O2. The van der Waals surface area contributed by atoms with Crippen molar-refractivity contribution >= 4 is 22.8 Å². The third-order valence-electron chi connectivity index (χ3n) is 4.75. The van der Waals surface area contributed by atoms with Gasteiger partial charge in [-0.25, -0.2) is 9.78 Å². The van der Waals surface area contributed by atoms with Gasteiger partial charge in [0.2, 0.25) is 5.89 Å². The molecule has 1 aliphatic rings. The van der Waals surface area contributed by atoms with Crippen molar-refractivity contribution in [2.45, 2.75) is 58.4 Å². The van der Waals surface area contributed by atoms with Crippen LogP contribution in [0.2, 0.25) is 0 Å². The Bertz CT molecular complexity index is 755. The average molecular weight is 358 g/mol. The molecule has 0 radical (unpaired) electrons. The zero-order chi connectivity index (χ0) is 18.7. The van der Waals surface area contributed by atoms with E-state index in [2.05, 4.69) is 48.2 Å². The van der Waals surface area contributed by atoms with E-state index in [4.69, 9.17) is 4.42 Å². The third kappa shape index (κ3) is 4.55. The summed E-state index contributed by atoms with van der Waals surface area (Å²) in [5.41, 5.74) is 2.09. The van der Waals surface area contributed by atoms with Gasteiger partial charge in [0.1, 0.15) is 5.52 Å². The molecule has 0 spiro atoms. The lowest BCUT2D eigenvalue weighted by molar-refractivity contribution is 0.196. The largest absolute Gasteiger partial charge is 0.440 e. The number of hydrogen-bond donors (Lipinski definition) is 2. The van der Waals surface area contributed by atoms with Gasteiger partial charge in [-0.15, -0.1) is 0 Å². The second-order valence-corrected chi connectivity index (χ2v) is 8.17. The second-order valence-electron chi connectivity index (χ2n) is 8.17. The predicted molar refractivity (Wildman–Crippen MR) is 105 cm³/mol. The first-order valence-corrected chi connectivity index (χ1v) is 9.56. The minimum atomic E-state index is -0.155. The molecule has 0 atom stereocenters. The highest BCUT2D eigenvalue weighted by Gasteiger charge is 2.22. The number of rotatable bonds is 4. The Morgan fingerprint density at radius 3 is 2.69 bits per heavy atom. The summed E-state index contributed by atoms with van der Waals surface area (Å²) in [6, 6.07) is 5.65. The number of hydrogen-bond acceptors (Lipinski definition) is 4. The number of nitrogens with one attached hydrogen (secondary N) is 2. The number of fused-ring (bicyclic) bond motifs is 1. The van der Waals surface area contributed by atoms with Gasteiger partial charge in [-0.3, -0.25) is 0 Å². The fourth-order valence-electron chi connectivity index (χ4n) is 3.30. The van der Waals surface area contributed by atoms with Crippen LogP contribution in [0.1, 0.15) is 52.8 Å². The summed E-state index contributed by atoms with van der Waals surface area (Å²) in [7, 11) is 0. The molecule has 2 N–H and O–H groups in total. The van der Waals surface area contributed by atoms with Gasteiger partial charge in [0.05, 0.1) is 0 Å². The van der Waals surface area contributed by atoms with E-state index in [0.29, 0.717) is 5.89 Å². The average Bonchev–Trinajstić information content (AvgIpc) is 3.00. The number of nitrogens with zero attached hydrogens (tertiary/aromatic N) is 2. The van der Waals surface area contributed by atoms with Crippen LogP contribution >= 0.6 is 0 Å². The second kappa shape index (κ2) is 7.66. The summed E-state index contributed by atoms with van der Waals surface area (Å²) in [5, 5.41) is 6.01. The lowest BCUT2D eigenvalue weighted by Gasteiger charge is -2.32. The van der Waals surface area contributed by atoms with E-state index in [1.807, 2.05) is 18.2 Å². The number of anilines is 1. The normalized spacial score (nSPS) is 16.8. The number of oxazole rings is 1. The molecular weight excluding hydrogens is 328 g/mol. The number of likely N-dealkylation sites (tertiary alicyclic amines) is 1. The minimum Gasteiger partial charge on any atom is -0.440 e. The number of urea groups is 1. The molecule has 0 saturated carbocycles. The van der Waals surface area contributed by atoms with Gasteiger partial charge in [-0.1, -0.05) is 27.7 Å². The van der Waals surface area contributed by atoms with Crippen LogP contribution in [0.3, 0.4) is 0 Å². The molecule has 6 nitrogen and oxygen atoms in total. The van der Waals surface area contributed by atoms with Crippen LogP contribution in [-0.2, 0) is 5.41 Å². The number of carbonyl (C=O) groups is 1. The van der Waals surface area contributed by atoms with E-state index in [9.17, 15) is 4.79 Å². The molecule has 2 heterocycles. The first kappa shape index (κ1) is 18.7. The van der Waals surface area contributed by atoms with Crippen molar-refractivity contribution in [1.82, 2.24) is 15.2 Å². The van der Waals surface area contributed by atoms with Gasteiger partial charge in [-0.05, 0) is 44.0 Å². The first-order valence-electron chi connectivity index (χ1n) is 9.56. The number of benzene rings is 1. The van der Waals surface area contributed by atoms with Crippen LogP contribution in [0.5, 0.6) is 0 Å². The lowest BCUT2D eigenvalue weighted by Crippen LogP contribution is -2.46. The minimum absolute atomic E-state index is 0.142. The Labute approximate surface area is 155 Å². The molecule has 0 aliphatic carbocycles. The molecule has 1 aromatic carbocycles. The Morgan fingerprint density at radius 2 is 2.04 bits per heavy atom. The van der Waals surface area contributed by atoms with Gasteiger partial charge in [0, 0.05) is 30.2 Å². The standard InChI is InChI=1S/C20H30N4O2/c1-5-10-24-11-8-14(9-12-24)21-19(25)22-15-6-7-17-16(13-15)23-18(26-17)20(2,3)4/h6-7,13-14H,5,8-12H2,1-4H3,(H2,21,22,25). The number of carbonyl (C=O) groups excluding carboxylic acids is 1. The number of amides is 2. The zero-order valence-electron chi connectivity index (χ0n) is 16.3. The van der Waals surface area contributed by atoms with Crippen molar-refractivity contribution in [3.8, 4) is 0 Å². The third-order valence-corrected chi connectivity index (χ3v) is 4.75. The highest BCUT2D eigenvalue weighted by molar-refractivity contribution is 5.91. The topological polar surface area (TPSA) is 70.4 Å². The quantitative estimate of drug-likeness (QED) is 0.862. The van der Waals surface area contributed by atoms with Gasteiger partial charge in [-0.2, -0.15) is 0 Å². The molecule has 2 amide bonds. The lowest BCUT2D eigenvalue weighted by atomic mass is 9.97. The van der Waals surface area contributed by atoms with Crippen LogP contribution in [0.15, 0.2) is 22.6 Å². The molecule has 0 bridgehead atoms. The van der Waals surface area contributed by atoms with E-state index in [1.165, 1.54) is 6.42 Å². The van der Waals surface area contributed by atoms with Crippen molar-refractivity contribution in [3.05, 3.63) is 24.1 Å². The fraction of sp³-hybridized carbons (Fsp3) is 0.600. The van der Waals surface area contributed by atoms with Crippen molar-refractivity contribution in [2.75, 3.05) is 25.0 Å². The van der Waals surface area contributed by atoms with Crippen LogP contribution in [-0.4, -0.2) is 41.6 Å². The van der Waals surface area contributed by atoms with Crippen molar-refractivity contribution in [2.24, 2.45) is 0 Å². The summed E-state index contributed by atoms with van der Waals surface area (Å²) < 4.78 is 5.80. The molecule has 142 valence electrons. The van der Waals surface area contributed by atoms with Crippen LogP contribution < -0.4 is 10.6 Å². The predicted octanol–water partition coefficient (Wildman–Crippen LogP) is 4.12. The number of piperidine rings is 1. The first-order chi connectivity index (χ1) is 12.3. The Morgan fingerprint density at radius 1 is 1.31 bits per heavy atom. The maximum atomic E-state index is 12.3. The molecule has 1 saturated heterocycles. The maximum absolute atomic E-state index is 12.3. The summed E-state index contributed by atoms with van der Waals surface area (Å²) in [5.74, 6) is 0.702. The fourth-order valence-corrected chi connectivity index (χ4v) is 3.30. The van der Waals surface area contributed by atoms with Crippen LogP contribution in [0, 0.1) is 0 Å². The summed E-state index contributed by atoms with van der Waals surface area (Å²) in [4.78, 5) is 19.3. The summed E-state index contributed by atoms with van der Waals surface area (Å²) in [6.07, 6.45) is 3.19. The van der Waals surface area contributed by atoms with E-state index in [-0.39, 0.29) is 17.5 Å². The van der Waals surface area contributed by atoms with E-state index in [1.54, 1.807) is 0 Å². The molecule has 0 unspecified atom stereocenters. The molecule has 2 aromatic rings. The Hall–Kier alpha value is -2.08. The van der Waals surface area contributed by atoms with Crippen LogP contribution in [0.25, 0.3) is 11.1 Å². The molecule has 1 fully saturated rings. The Balaban J connectivity index is 1.57. The smallest absolute Gasteiger partial charge is 0.319 e. The highest BCUT2D eigenvalue weighted by atomic mass is 16.3. The van der Waals surface area contributed by atoms with E-state index >= 15 is 0 Å². The molecule has 1 aliphatic heterocycles. The summed E-state index contributed by atoms with van der Waals surface area (Å²) >= 11 is 0. The maximum Gasteiger partial charge on any atom is 0.319 e. The van der Waals surface area contributed by atoms with Gasteiger partial charge < -0.3 is 20.0 Å². The molecule has 6 heteroatoms. The molecule has 3 rings (SSSR count). The zero-order valence-corrected chi connectivity index (χ0v) is 16.3. The molecule has 26 heavy (non-hydrogen) atoms. The Kier molecular flexibility index (Phi) is 5.51. The van der Waals surface area contributed by atoms with Gasteiger partial charge >= 0.3 is 6.03 Å². The summed E-state index contributed by atoms with van der Waals surface area (Å²) in [6.45, 7) is 11.7. The highest BCUT2D eigenvalue weighted by Crippen LogP contribution is 2.27. The van der Waals surface area contributed by atoms with Crippen molar-refractivity contribution < 1.29 is 9.21 Å². The number of aromatic nitrogens is 1. The van der Waals surface area contributed by atoms with Crippen molar-refractivity contribution in [1.29, 1.82) is 0 Å². The van der Waals surface area contributed by atoms with Gasteiger partial charge in [0.15, 0.2) is 5.58 Å². The van der Waals surface area contributed by atoms with Gasteiger partial charge in [0.25, 0.3) is 0 Å². The molecule has 1 aromatic heterocycles. The van der Waals surface area contributed by atoms with Crippen LogP contribution in [0.4, 0.5) is 10.5 Å². The van der Waals surface area contributed by atoms with E-state index in [0.717, 1.165) is 49.3 Å².